The van der Waals surface area contributed by atoms with Gasteiger partial charge in [0.05, 0.1) is 0 Å². The molecule has 0 aromatic heterocycles. The van der Waals surface area contributed by atoms with Gasteiger partial charge in [-0.15, -0.1) is 0 Å². The van der Waals surface area contributed by atoms with E-state index in [1.165, 1.54) is 5.75 Å². The normalized spacial score (nSPS) is 12.2. The lowest BCUT2D eigenvalue weighted by Crippen LogP contribution is -2.40. The molecule has 0 rings (SSSR count). The van der Waals surface area contributed by atoms with Gasteiger partial charge in [0.15, 0.2) is 5.11 Å². The minimum atomic E-state index is 0.476. The molecule has 0 spiro atoms. The van der Waals surface area contributed by atoms with Crippen molar-refractivity contribution in [3.8, 4) is 0 Å². The standard InChI is InChI=1S/C9H20N2S2/c1-4-6-10-9(12)11-8(2)5-7-13-3/h8H,4-7H2,1-3H3,(H2,10,11,12). The van der Waals surface area contributed by atoms with E-state index in [9.17, 15) is 0 Å². The fourth-order valence-corrected chi connectivity index (χ4v) is 1.77. The number of nitrogens with one attached hydrogen (secondary N) is 2. The molecule has 13 heavy (non-hydrogen) atoms. The molecule has 0 aliphatic carbocycles. The maximum Gasteiger partial charge on any atom is 0.166 e. The molecule has 0 radical (unpaired) electrons. The van der Waals surface area contributed by atoms with Crippen molar-refractivity contribution in [1.82, 2.24) is 10.6 Å². The number of hydrogen-bond acceptors (Lipinski definition) is 2. The van der Waals surface area contributed by atoms with Crippen molar-refractivity contribution >= 4 is 29.1 Å². The fraction of sp³-hybridized carbons (Fsp3) is 0.889. The van der Waals surface area contributed by atoms with Crippen molar-refractivity contribution in [3.05, 3.63) is 0 Å². The lowest BCUT2D eigenvalue weighted by atomic mass is 10.3. The molecular formula is C9H20N2S2. The molecule has 1 unspecified atom stereocenters. The van der Waals surface area contributed by atoms with Crippen LogP contribution in [-0.4, -0.2) is 29.7 Å². The summed E-state index contributed by atoms with van der Waals surface area (Å²) in [5.41, 5.74) is 0. The number of thiocarbonyl (C=S) groups is 1. The van der Waals surface area contributed by atoms with Crippen LogP contribution in [0.4, 0.5) is 0 Å². The Kier molecular flexibility index (Phi) is 8.66. The lowest BCUT2D eigenvalue weighted by Gasteiger charge is -2.15. The van der Waals surface area contributed by atoms with Gasteiger partial charge in [-0.05, 0) is 44.0 Å². The predicted molar refractivity (Wildman–Crippen MR) is 66.5 cm³/mol. The predicted octanol–water partition coefficient (Wildman–Crippen LogP) is 2.00. The summed E-state index contributed by atoms with van der Waals surface area (Å²) in [5.74, 6) is 1.19. The van der Waals surface area contributed by atoms with Gasteiger partial charge >= 0.3 is 0 Å². The van der Waals surface area contributed by atoms with Crippen LogP contribution in [-0.2, 0) is 0 Å². The Morgan fingerprint density at radius 2 is 2.23 bits per heavy atom. The summed E-state index contributed by atoms with van der Waals surface area (Å²) >= 11 is 6.99. The van der Waals surface area contributed by atoms with E-state index in [0.29, 0.717) is 6.04 Å². The van der Waals surface area contributed by atoms with E-state index >= 15 is 0 Å². The molecule has 1 atom stereocenters. The SMILES string of the molecule is CCCNC(=S)NC(C)CCSC. The van der Waals surface area contributed by atoms with E-state index < -0.39 is 0 Å². The van der Waals surface area contributed by atoms with Crippen LogP contribution in [0.1, 0.15) is 26.7 Å². The molecule has 78 valence electrons. The molecule has 0 aliphatic heterocycles. The second-order valence-electron chi connectivity index (χ2n) is 3.08. The zero-order valence-corrected chi connectivity index (χ0v) is 10.4. The molecule has 0 saturated carbocycles. The molecule has 0 amide bonds. The van der Waals surface area contributed by atoms with E-state index in [1.54, 1.807) is 0 Å². The van der Waals surface area contributed by atoms with E-state index in [1.807, 2.05) is 11.8 Å². The van der Waals surface area contributed by atoms with Crippen molar-refractivity contribution in [2.45, 2.75) is 32.7 Å². The molecule has 4 heteroatoms. The summed E-state index contributed by atoms with van der Waals surface area (Å²) in [7, 11) is 0. The van der Waals surface area contributed by atoms with Crippen LogP contribution in [0, 0.1) is 0 Å². The molecule has 2 N–H and O–H groups in total. The third-order valence-corrected chi connectivity index (χ3v) is 2.57. The van der Waals surface area contributed by atoms with Gasteiger partial charge in [-0.2, -0.15) is 11.8 Å². The zero-order chi connectivity index (χ0) is 10.1. The highest BCUT2D eigenvalue weighted by atomic mass is 32.2. The monoisotopic (exact) mass is 220 g/mol. The second-order valence-corrected chi connectivity index (χ2v) is 4.48. The molecule has 0 heterocycles. The van der Waals surface area contributed by atoms with Gasteiger partial charge < -0.3 is 10.6 Å². The number of hydrogen-bond donors (Lipinski definition) is 2. The van der Waals surface area contributed by atoms with Crippen molar-refractivity contribution in [2.24, 2.45) is 0 Å². The van der Waals surface area contributed by atoms with E-state index in [4.69, 9.17) is 12.2 Å². The molecule has 2 nitrogen and oxygen atoms in total. The topological polar surface area (TPSA) is 24.1 Å². The molecule has 0 aromatic carbocycles. The first-order valence-corrected chi connectivity index (χ1v) is 6.54. The van der Waals surface area contributed by atoms with Crippen LogP contribution in [0.25, 0.3) is 0 Å². The summed E-state index contributed by atoms with van der Waals surface area (Å²) < 4.78 is 0. The van der Waals surface area contributed by atoms with Gasteiger partial charge in [-0.3, -0.25) is 0 Å². The van der Waals surface area contributed by atoms with Crippen molar-refractivity contribution in [3.63, 3.8) is 0 Å². The third kappa shape index (κ3) is 8.37. The van der Waals surface area contributed by atoms with E-state index in [2.05, 4.69) is 30.7 Å². The Balaban J connectivity index is 3.41. The Morgan fingerprint density at radius 1 is 1.54 bits per heavy atom. The van der Waals surface area contributed by atoms with Gasteiger partial charge in [-0.25, -0.2) is 0 Å². The first kappa shape index (κ1) is 13.0. The van der Waals surface area contributed by atoms with Crippen molar-refractivity contribution in [2.75, 3.05) is 18.6 Å². The largest absolute Gasteiger partial charge is 0.363 e. The van der Waals surface area contributed by atoms with Crippen molar-refractivity contribution in [1.29, 1.82) is 0 Å². The lowest BCUT2D eigenvalue weighted by molar-refractivity contribution is 0.636. The Morgan fingerprint density at radius 3 is 2.77 bits per heavy atom. The van der Waals surface area contributed by atoms with Crippen molar-refractivity contribution < 1.29 is 0 Å². The second kappa shape index (κ2) is 8.63. The average Bonchev–Trinajstić information content (AvgIpc) is 2.11. The molecule has 0 bridgehead atoms. The highest BCUT2D eigenvalue weighted by Crippen LogP contribution is 1.99. The Hall–Kier alpha value is 0.0400. The minimum absolute atomic E-state index is 0.476. The van der Waals surface area contributed by atoms with E-state index in [-0.39, 0.29) is 0 Å². The maximum absolute atomic E-state index is 5.12. The number of rotatable bonds is 6. The summed E-state index contributed by atoms with van der Waals surface area (Å²) in [5, 5.41) is 7.20. The van der Waals surface area contributed by atoms with Gasteiger partial charge in [0.25, 0.3) is 0 Å². The highest BCUT2D eigenvalue weighted by molar-refractivity contribution is 7.98. The average molecular weight is 220 g/mol. The van der Waals surface area contributed by atoms with Crippen LogP contribution in [0.2, 0.25) is 0 Å². The smallest absolute Gasteiger partial charge is 0.166 e. The Bertz CT molecular complexity index is 140. The van der Waals surface area contributed by atoms with Gasteiger partial charge in [0, 0.05) is 12.6 Å². The number of thioether (sulfide) groups is 1. The zero-order valence-electron chi connectivity index (χ0n) is 8.72. The summed E-state index contributed by atoms with van der Waals surface area (Å²) in [6, 6.07) is 0.476. The van der Waals surface area contributed by atoms with Crippen LogP contribution in [0.5, 0.6) is 0 Å². The van der Waals surface area contributed by atoms with E-state index in [0.717, 1.165) is 24.5 Å². The quantitative estimate of drug-likeness (QED) is 0.669. The maximum atomic E-state index is 5.12. The minimum Gasteiger partial charge on any atom is -0.363 e. The van der Waals surface area contributed by atoms with Gasteiger partial charge in [0.1, 0.15) is 0 Å². The molecule has 0 saturated heterocycles. The molecule has 0 aliphatic rings. The summed E-state index contributed by atoms with van der Waals surface area (Å²) in [6.07, 6.45) is 4.40. The Labute approximate surface area is 91.2 Å². The summed E-state index contributed by atoms with van der Waals surface area (Å²) in [4.78, 5) is 0. The first-order chi connectivity index (χ1) is 6.20. The fourth-order valence-electron chi connectivity index (χ4n) is 0.880. The van der Waals surface area contributed by atoms with Crippen LogP contribution in [0.15, 0.2) is 0 Å². The van der Waals surface area contributed by atoms with Crippen LogP contribution >= 0.6 is 24.0 Å². The molecule has 0 fully saturated rings. The molecular weight excluding hydrogens is 200 g/mol. The highest BCUT2D eigenvalue weighted by Gasteiger charge is 2.01. The molecule has 0 aromatic rings. The first-order valence-electron chi connectivity index (χ1n) is 4.74. The third-order valence-electron chi connectivity index (χ3n) is 1.67. The van der Waals surface area contributed by atoms with Crippen LogP contribution < -0.4 is 10.6 Å². The van der Waals surface area contributed by atoms with Gasteiger partial charge in [-0.1, -0.05) is 6.92 Å². The summed E-state index contributed by atoms with van der Waals surface area (Å²) in [6.45, 7) is 5.25. The van der Waals surface area contributed by atoms with Crippen LogP contribution in [0.3, 0.4) is 0 Å². The van der Waals surface area contributed by atoms with Gasteiger partial charge in [0.2, 0.25) is 0 Å².